The number of benzene rings is 2. The second-order valence-corrected chi connectivity index (χ2v) is 7.01. The minimum atomic E-state index is -0.788. The Morgan fingerprint density at radius 1 is 1.21 bits per heavy atom. The third-order valence-corrected chi connectivity index (χ3v) is 4.78. The number of para-hydroxylation sites is 2. The van der Waals surface area contributed by atoms with Crippen molar-refractivity contribution in [1.29, 1.82) is 0 Å². The van der Waals surface area contributed by atoms with E-state index in [-0.39, 0.29) is 24.1 Å². The molecule has 1 aliphatic heterocycles. The summed E-state index contributed by atoms with van der Waals surface area (Å²) in [6.07, 6.45) is 0.0309. The summed E-state index contributed by atoms with van der Waals surface area (Å²) in [5.74, 6) is 0.0847. The molecule has 2 heterocycles. The van der Waals surface area contributed by atoms with E-state index in [0.717, 1.165) is 11.8 Å². The Bertz CT molecular complexity index is 1050. The predicted octanol–water partition coefficient (Wildman–Crippen LogP) is 4.02. The lowest BCUT2D eigenvalue weighted by Crippen LogP contribution is -2.50. The van der Waals surface area contributed by atoms with Crippen molar-refractivity contribution in [3.63, 3.8) is 0 Å². The number of hydrogen-bond donors (Lipinski definition) is 1. The average Bonchev–Trinajstić information content (AvgIpc) is 3.13. The number of halogens is 1. The van der Waals surface area contributed by atoms with Crippen LogP contribution in [0.15, 0.2) is 52.9 Å². The van der Waals surface area contributed by atoms with Crippen molar-refractivity contribution in [1.82, 2.24) is 5.32 Å². The molecule has 0 radical (unpaired) electrons. The van der Waals surface area contributed by atoms with E-state index in [0.29, 0.717) is 28.6 Å². The van der Waals surface area contributed by atoms with Gasteiger partial charge in [-0.05, 0) is 42.8 Å². The quantitative estimate of drug-likeness (QED) is 0.720. The molecular formula is C21H19ClN2O4. The number of ether oxygens (including phenoxy) is 1. The van der Waals surface area contributed by atoms with Crippen LogP contribution in [0.2, 0.25) is 5.02 Å². The zero-order valence-corrected chi connectivity index (χ0v) is 16.0. The van der Waals surface area contributed by atoms with Crippen molar-refractivity contribution in [2.24, 2.45) is 0 Å². The fourth-order valence-electron chi connectivity index (χ4n) is 3.18. The Labute approximate surface area is 167 Å². The molecule has 28 heavy (non-hydrogen) atoms. The zero-order valence-electron chi connectivity index (χ0n) is 15.3. The first-order valence-corrected chi connectivity index (χ1v) is 9.49. The average molecular weight is 399 g/mol. The molecule has 1 atom stereocenters. The number of fused-ring (bicyclic) bond motifs is 2. The van der Waals surface area contributed by atoms with Gasteiger partial charge in [-0.3, -0.25) is 14.5 Å². The Kier molecular flexibility index (Phi) is 4.96. The van der Waals surface area contributed by atoms with Gasteiger partial charge in [0.25, 0.3) is 11.8 Å². The number of hydrogen-bond acceptors (Lipinski definition) is 4. The molecule has 0 fully saturated rings. The Balaban J connectivity index is 1.67. The van der Waals surface area contributed by atoms with E-state index < -0.39 is 6.10 Å². The second kappa shape index (κ2) is 7.56. The number of nitrogens with zero attached hydrogens (tertiary/aromatic N) is 1. The molecule has 0 saturated heterocycles. The largest absolute Gasteiger partial charge is 0.477 e. The summed E-state index contributed by atoms with van der Waals surface area (Å²) in [7, 11) is 0. The van der Waals surface area contributed by atoms with Crippen molar-refractivity contribution < 1.29 is 18.7 Å². The van der Waals surface area contributed by atoms with Crippen LogP contribution >= 0.6 is 11.6 Å². The Hall–Kier alpha value is -2.99. The van der Waals surface area contributed by atoms with E-state index in [1.807, 2.05) is 13.0 Å². The van der Waals surface area contributed by atoms with E-state index in [4.69, 9.17) is 20.8 Å². The van der Waals surface area contributed by atoms with Crippen LogP contribution in [-0.2, 0) is 4.79 Å². The van der Waals surface area contributed by atoms with Gasteiger partial charge >= 0.3 is 0 Å². The third kappa shape index (κ3) is 3.43. The summed E-state index contributed by atoms with van der Waals surface area (Å²) in [6.45, 7) is 2.63. The van der Waals surface area contributed by atoms with Gasteiger partial charge in [0.15, 0.2) is 11.9 Å². The number of carbonyl (C=O) groups excluding carboxylic acids is 2. The van der Waals surface area contributed by atoms with E-state index in [9.17, 15) is 9.59 Å². The Morgan fingerprint density at radius 2 is 2.04 bits per heavy atom. The number of nitrogens with one attached hydrogen (secondary N) is 1. The van der Waals surface area contributed by atoms with Crippen LogP contribution in [0, 0.1) is 0 Å². The molecular weight excluding hydrogens is 380 g/mol. The predicted molar refractivity (Wildman–Crippen MR) is 107 cm³/mol. The highest BCUT2D eigenvalue weighted by atomic mass is 35.5. The highest BCUT2D eigenvalue weighted by molar-refractivity contribution is 6.31. The molecule has 0 aliphatic carbocycles. The number of amides is 2. The molecule has 1 N–H and O–H groups in total. The summed E-state index contributed by atoms with van der Waals surface area (Å²) in [6, 6.07) is 14.0. The maximum atomic E-state index is 13.2. The number of furan rings is 1. The van der Waals surface area contributed by atoms with Crippen LogP contribution in [0.25, 0.3) is 11.0 Å². The molecule has 2 amide bonds. The smallest absolute Gasteiger partial charge is 0.294 e. The molecule has 3 aromatic rings. The van der Waals surface area contributed by atoms with E-state index in [1.54, 1.807) is 42.5 Å². The van der Waals surface area contributed by atoms with Gasteiger partial charge in [-0.1, -0.05) is 30.7 Å². The van der Waals surface area contributed by atoms with Crippen molar-refractivity contribution in [3.05, 3.63) is 59.3 Å². The lowest BCUT2D eigenvalue weighted by atomic mass is 10.1. The second-order valence-electron chi connectivity index (χ2n) is 6.57. The van der Waals surface area contributed by atoms with Gasteiger partial charge in [-0.15, -0.1) is 0 Å². The monoisotopic (exact) mass is 398 g/mol. The molecule has 0 unspecified atom stereocenters. The van der Waals surface area contributed by atoms with Crippen LogP contribution in [-0.4, -0.2) is 31.0 Å². The first kappa shape index (κ1) is 18.4. The molecule has 4 rings (SSSR count). The molecule has 6 nitrogen and oxygen atoms in total. The SMILES string of the molecule is CCCNC(=O)[C@@H]1CN(C(=O)c2cc3cc(Cl)ccc3o2)c2ccccc2O1. The van der Waals surface area contributed by atoms with E-state index in [1.165, 1.54) is 4.90 Å². The highest BCUT2D eigenvalue weighted by Crippen LogP contribution is 2.35. The van der Waals surface area contributed by atoms with Gasteiger partial charge in [-0.2, -0.15) is 0 Å². The normalized spacial score (nSPS) is 15.8. The van der Waals surface area contributed by atoms with Gasteiger partial charge in [0, 0.05) is 17.0 Å². The van der Waals surface area contributed by atoms with Crippen molar-refractivity contribution >= 4 is 40.1 Å². The van der Waals surface area contributed by atoms with Crippen molar-refractivity contribution in [3.8, 4) is 5.75 Å². The first-order valence-electron chi connectivity index (χ1n) is 9.11. The van der Waals surface area contributed by atoms with Crippen molar-refractivity contribution in [2.75, 3.05) is 18.0 Å². The molecule has 144 valence electrons. The summed E-state index contributed by atoms with van der Waals surface area (Å²) in [5, 5.41) is 4.13. The number of carbonyl (C=O) groups is 2. The fraction of sp³-hybridized carbons (Fsp3) is 0.238. The molecule has 1 aliphatic rings. The number of rotatable bonds is 4. The minimum absolute atomic E-state index is 0.100. The van der Waals surface area contributed by atoms with Crippen LogP contribution in [0.1, 0.15) is 23.9 Å². The summed E-state index contributed by atoms with van der Waals surface area (Å²) < 4.78 is 11.6. The molecule has 0 bridgehead atoms. The van der Waals surface area contributed by atoms with Crippen LogP contribution in [0.4, 0.5) is 5.69 Å². The molecule has 0 saturated carbocycles. The van der Waals surface area contributed by atoms with Gasteiger partial charge in [0.1, 0.15) is 11.3 Å². The van der Waals surface area contributed by atoms with Gasteiger partial charge in [0.05, 0.1) is 12.2 Å². The lowest BCUT2D eigenvalue weighted by Gasteiger charge is -2.33. The first-order chi connectivity index (χ1) is 13.6. The Morgan fingerprint density at radius 3 is 2.86 bits per heavy atom. The summed E-state index contributed by atoms with van der Waals surface area (Å²) in [5.41, 5.74) is 1.18. The molecule has 7 heteroatoms. The van der Waals surface area contributed by atoms with Crippen LogP contribution in [0.5, 0.6) is 5.75 Å². The molecule has 1 aromatic heterocycles. The maximum absolute atomic E-state index is 13.2. The molecule has 2 aromatic carbocycles. The topological polar surface area (TPSA) is 71.8 Å². The van der Waals surface area contributed by atoms with E-state index >= 15 is 0 Å². The van der Waals surface area contributed by atoms with Gasteiger partial charge in [-0.25, -0.2) is 0 Å². The van der Waals surface area contributed by atoms with Gasteiger partial charge in [0.2, 0.25) is 0 Å². The number of anilines is 1. The molecule has 0 spiro atoms. The van der Waals surface area contributed by atoms with Crippen molar-refractivity contribution in [2.45, 2.75) is 19.4 Å². The maximum Gasteiger partial charge on any atom is 0.294 e. The van der Waals surface area contributed by atoms with Crippen LogP contribution in [0.3, 0.4) is 0 Å². The fourth-order valence-corrected chi connectivity index (χ4v) is 3.36. The van der Waals surface area contributed by atoms with Crippen LogP contribution < -0.4 is 15.0 Å². The minimum Gasteiger partial charge on any atom is -0.477 e. The summed E-state index contributed by atoms with van der Waals surface area (Å²) >= 11 is 6.02. The highest BCUT2D eigenvalue weighted by Gasteiger charge is 2.35. The zero-order chi connectivity index (χ0) is 19.7. The summed E-state index contributed by atoms with van der Waals surface area (Å²) in [4.78, 5) is 27.2. The third-order valence-electron chi connectivity index (χ3n) is 4.55. The van der Waals surface area contributed by atoms with E-state index in [2.05, 4.69) is 5.32 Å². The standard InChI is InChI=1S/C21H19ClN2O4/c1-2-9-23-20(25)19-12-24(15-5-3-4-6-17(15)28-19)21(26)18-11-13-10-14(22)7-8-16(13)27-18/h3-8,10-11,19H,2,9,12H2,1H3,(H,23,25)/t19-/m0/s1. The lowest BCUT2D eigenvalue weighted by molar-refractivity contribution is -0.127. The van der Waals surface area contributed by atoms with Gasteiger partial charge < -0.3 is 14.5 Å².